The molecular formula is C38H42F4N8O3. The number of carbonyl (C=O) groups excluding carboxylic acids is 2. The van der Waals surface area contributed by atoms with Crippen LogP contribution in [0.4, 0.5) is 40.8 Å². The van der Waals surface area contributed by atoms with Crippen molar-refractivity contribution in [1.82, 2.24) is 9.97 Å². The first-order valence-electron chi connectivity index (χ1n) is 18.8. The van der Waals surface area contributed by atoms with Crippen LogP contribution in [0.2, 0.25) is 0 Å². The molecule has 11 nitrogen and oxygen atoms in total. The van der Waals surface area contributed by atoms with Crippen LogP contribution in [0.25, 0.3) is 0 Å². The van der Waals surface area contributed by atoms with E-state index in [0.717, 1.165) is 12.8 Å². The number of hydrogen-bond acceptors (Lipinski definition) is 11. The van der Waals surface area contributed by atoms with Gasteiger partial charge in [-0.05, 0) is 64.2 Å². The van der Waals surface area contributed by atoms with Crippen molar-refractivity contribution in [2.75, 3.05) is 58.9 Å². The van der Waals surface area contributed by atoms with Gasteiger partial charge in [0.2, 0.25) is 0 Å². The van der Waals surface area contributed by atoms with Gasteiger partial charge in [0.05, 0.1) is 12.8 Å². The molecule has 53 heavy (non-hydrogen) atoms. The molecule has 4 saturated heterocycles. The van der Waals surface area contributed by atoms with E-state index >= 15 is 17.6 Å². The quantitative estimate of drug-likeness (QED) is 0.188. The maximum absolute atomic E-state index is 15.2. The Kier molecular flexibility index (Phi) is 8.69. The minimum Gasteiger partial charge on any atom is -0.393 e. The fraction of sp³-hybridized carbons (Fsp3) is 0.632. The normalized spacial score (nSPS) is 26.4. The Balaban J connectivity index is 0.903. The summed E-state index contributed by atoms with van der Waals surface area (Å²) in [7, 11) is 0. The van der Waals surface area contributed by atoms with Crippen LogP contribution in [0.5, 0.6) is 0 Å². The first-order valence-corrected chi connectivity index (χ1v) is 18.8. The maximum atomic E-state index is 15.2. The van der Waals surface area contributed by atoms with E-state index in [1.807, 2.05) is 45.6 Å². The van der Waals surface area contributed by atoms with E-state index < -0.39 is 23.8 Å². The smallest absolute Gasteiger partial charge is 0.313 e. The third-order valence-corrected chi connectivity index (χ3v) is 12.3. The van der Waals surface area contributed by atoms with E-state index in [4.69, 9.17) is 14.7 Å². The Labute approximate surface area is 305 Å². The molecule has 4 aliphatic heterocycles. The topological polar surface area (TPSA) is 130 Å². The molecule has 4 atom stereocenters. The summed E-state index contributed by atoms with van der Waals surface area (Å²) >= 11 is 0. The van der Waals surface area contributed by atoms with E-state index in [9.17, 15) is 20.1 Å². The molecule has 2 aliphatic carbocycles. The number of rotatable bonds is 8. The number of anilines is 4. The number of nitriles is 2. The Morgan fingerprint density at radius 2 is 1.11 bits per heavy atom. The lowest BCUT2D eigenvalue weighted by molar-refractivity contribution is -0.160. The predicted molar refractivity (Wildman–Crippen MR) is 186 cm³/mol. The third-order valence-electron chi connectivity index (χ3n) is 12.3. The van der Waals surface area contributed by atoms with Crippen molar-refractivity contribution in [2.24, 2.45) is 11.8 Å². The standard InChI is InChI=1S/C38H42F4N8O3/c1-21-5-13-49(21)35-27(17-43)31-25(3-9-37(31,39)40)33(45-35)47-11-7-23(19-47)15-29(51)53-30(52)16-24-8-12-48(20-24)34-26-4-10-38(41,42)32(26)28(18-44)36(46-34)50-14-6-22(50)2/h21-24H,3-16,19-20H2,1-2H3/t21-,22-,23-,24+/m0/s1. The summed E-state index contributed by atoms with van der Waals surface area (Å²) in [4.78, 5) is 43.2. The second-order valence-corrected chi connectivity index (χ2v) is 15.7. The van der Waals surface area contributed by atoms with Gasteiger partial charge in [0.15, 0.2) is 0 Å². The Bertz CT molecular complexity index is 1820. The van der Waals surface area contributed by atoms with Crippen LogP contribution in [-0.4, -0.2) is 73.3 Å². The van der Waals surface area contributed by atoms with Crippen molar-refractivity contribution in [3.8, 4) is 12.1 Å². The van der Waals surface area contributed by atoms with Gasteiger partial charge in [-0.25, -0.2) is 27.5 Å². The number of carbonyl (C=O) groups is 2. The van der Waals surface area contributed by atoms with Gasteiger partial charge in [0, 0.05) is 86.4 Å². The zero-order valence-corrected chi connectivity index (χ0v) is 29.9. The Morgan fingerprint density at radius 1 is 0.698 bits per heavy atom. The number of ether oxygens (including phenoxy) is 1. The monoisotopic (exact) mass is 734 g/mol. The van der Waals surface area contributed by atoms with Gasteiger partial charge < -0.3 is 24.3 Å². The molecule has 0 unspecified atom stereocenters. The molecule has 0 amide bonds. The van der Waals surface area contributed by atoms with Crippen LogP contribution >= 0.6 is 0 Å². The second kappa shape index (κ2) is 13.0. The van der Waals surface area contributed by atoms with Gasteiger partial charge in [0.1, 0.15) is 46.5 Å². The number of aromatic nitrogens is 2. The molecule has 8 rings (SSSR count). The summed E-state index contributed by atoms with van der Waals surface area (Å²) in [6, 6.07) is 4.22. The summed E-state index contributed by atoms with van der Waals surface area (Å²) in [6.07, 6.45) is 2.38. The highest BCUT2D eigenvalue weighted by Crippen LogP contribution is 2.51. The summed E-state index contributed by atoms with van der Waals surface area (Å²) in [5.41, 5.74) is 0.252. The molecule has 6 heterocycles. The average molecular weight is 735 g/mol. The first kappa shape index (κ1) is 35.4. The Morgan fingerprint density at radius 3 is 1.45 bits per heavy atom. The van der Waals surface area contributed by atoms with Crippen LogP contribution in [0.3, 0.4) is 0 Å². The fourth-order valence-electron chi connectivity index (χ4n) is 9.17. The fourth-order valence-corrected chi connectivity index (χ4v) is 9.17. The van der Waals surface area contributed by atoms with Gasteiger partial charge in [-0.3, -0.25) is 9.59 Å². The molecular weight excluding hydrogens is 692 g/mol. The van der Waals surface area contributed by atoms with Gasteiger partial charge in [-0.2, -0.15) is 10.5 Å². The van der Waals surface area contributed by atoms with Crippen LogP contribution < -0.4 is 19.6 Å². The van der Waals surface area contributed by atoms with Crippen molar-refractivity contribution in [3.05, 3.63) is 33.4 Å². The lowest BCUT2D eigenvalue weighted by Crippen LogP contribution is -2.47. The number of hydrogen-bond donors (Lipinski definition) is 0. The Hall–Kier alpha value is -4.66. The molecule has 0 N–H and O–H groups in total. The van der Waals surface area contributed by atoms with Crippen molar-refractivity contribution in [1.29, 1.82) is 10.5 Å². The summed E-state index contributed by atoms with van der Waals surface area (Å²) in [5.74, 6) is -6.42. The minimum absolute atomic E-state index is 0.0170. The largest absolute Gasteiger partial charge is 0.393 e. The number of esters is 2. The number of pyridine rings is 2. The molecule has 2 aromatic rings. The molecule has 0 radical (unpaired) electrons. The molecule has 0 saturated carbocycles. The SMILES string of the molecule is C[C@H]1CCN1c1nc(N2CC[C@H](CC(=O)OC(=O)C[C@@H]3CCN(c4nc(N5CC[C@@H]5C)c(C#N)c5c4CCC5(F)F)C3)C2)c2c(c1C#N)C(F)(F)CC2. The third kappa shape index (κ3) is 6.00. The van der Waals surface area contributed by atoms with Gasteiger partial charge in [0.25, 0.3) is 11.8 Å². The highest BCUT2D eigenvalue weighted by atomic mass is 19.3. The summed E-state index contributed by atoms with van der Waals surface area (Å²) < 4.78 is 65.9. The second-order valence-electron chi connectivity index (χ2n) is 15.7. The lowest BCUT2D eigenvalue weighted by Gasteiger charge is -2.41. The number of halogens is 4. The van der Waals surface area contributed by atoms with Crippen LogP contribution in [0.15, 0.2) is 0 Å². The van der Waals surface area contributed by atoms with Crippen molar-refractivity contribution in [2.45, 2.75) is 102 Å². The van der Waals surface area contributed by atoms with Crippen molar-refractivity contribution < 1.29 is 31.9 Å². The predicted octanol–water partition coefficient (Wildman–Crippen LogP) is 5.70. The highest BCUT2D eigenvalue weighted by molar-refractivity contribution is 5.86. The maximum Gasteiger partial charge on any atom is 0.313 e. The molecule has 280 valence electrons. The number of alkyl halides is 4. The molecule has 4 fully saturated rings. The molecule has 15 heteroatoms. The van der Waals surface area contributed by atoms with Crippen LogP contribution in [0.1, 0.15) is 98.6 Å². The van der Waals surface area contributed by atoms with Crippen molar-refractivity contribution >= 4 is 35.2 Å². The molecule has 0 aromatic carbocycles. The molecule has 0 bridgehead atoms. The van der Waals surface area contributed by atoms with Gasteiger partial charge >= 0.3 is 11.9 Å². The zero-order chi connectivity index (χ0) is 37.4. The lowest BCUT2D eigenvalue weighted by atomic mass is 9.99. The van der Waals surface area contributed by atoms with E-state index in [-0.39, 0.29) is 84.7 Å². The van der Waals surface area contributed by atoms with E-state index in [1.54, 1.807) is 0 Å². The molecule has 6 aliphatic rings. The van der Waals surface area contributed by atoms with Gasteiger partial charge in [-0.1, -0.05) is 0 Å². The average Bonchev–Trinajstić information content (AvgIpc) is 3.89. The van der Waals surface area contributed by atoms with E-state index in [1.165, 1.54) is 0 Å². The van der Waals surface area contributed by atoms with Gasteiger partial charge in [-0.15, -0.1) is 0 Å². The summed E-state index contributed by atoms with van der Waals surface area (Å²) in [6.45, 7) is 6.98. The minimum atomic E-state index is -3.12. The number of nitrogens with zero attached hydrogens (tertiary/aromatic N) is 8. The number of fused-ring (bicyclic) bond motifs is 2. The summed E-state index contributed by atoms with van der Waals surface area (Å²) in [5, 5.41) is 19.8. The van der Waals surface area contributed by atoms with E-state index in [0.29, 0.717) is 86.5 Å². The van der Waals surface area contributed by atoms with E-state index in [2.05, 4.69) is 0 Å². The molecule has 0 spiro atoms. The van der Waals surface area contributed by atoms with Crippen LogP contribution in [0, 0.1) is 34.5 Å². The first-order chi connectivity index (χ1) is 25.3. The van der Waals surface area contributed by atoms with Crippen molar-refractivity contribution in [3.63, 3.8) is 0 Å². The van der Waals surface area contributed by atoms with Crippen LogP contribution in [-0.2, 0) is 39.0 Å². The molecule has 2 aromatic heterocycles. The zero-order valence-electron chi connectivity index (χ0n) is 29.9. The highest BCUT2D eigenvalue weighted by Gasteiger charge is 2.48.